The molecule has 1 unspecified atom stereocenters. The number of likely N-dealkylation sites (N-methyl/N-ethyl adjacent to an activating group) is 1. The molecule has 0 bridgehead atoms. The van der Waals surface area contributed by atoms with Gasteiger partial charge in [0.15, 0.2) is 17.8 Å². The number of benzene rings is 2. The van der Waals surface area contributed by atoms with Crippen LogP contribution in [-0.4, -0.2) is 103 Å². The lowest BCUT2D eigenvalue weighted by Crippen LogP contribution is -2.54. The summed E-state index contributed by atoms with van der Waals surface area (Å²) in [6.07, 6.45) is -3.43. The Kier molecular flexibility index (Phi) is 8.94. The highest BCUT2D eigenvalue weighted by atomic mass is 32.2. The molecule has 3 aliphatic heterocycles. The highest BCUT2D eigenvalue weighted by molar-refractivity contribution is 7.90. The van der Waals surface area contributed by atoms with Gasteiger partial charge in [0.2, 0.25) is 0 Å². The van der Waals surface area contributed by atoms with Crippen molar-refractivity contribution in [3.05, 3.63) is 47.3 Å². The second-order valence-electron chi connectivity index (χ2n) is 11.6. The van der Waals surface area contributed by atoms with E-state index in [4.69, 9.17) is 4.74 Å². The second-order valence-corrected chi connectivity index (χ2v) is 13.4. The zero-order chi connectivity index (χ0) is 33.6. The lowest BCUT2D eigenvalue weighted by molar-refractivity contribution is -0.187. The molecule has 5 rings (SSSR count). The molecule has 2 N–H and O–H groups in total. The number of aliphatic hydroxyl groups excluding tert-OH is 1. The van der Waals surface area contributed by atoms with E-state index in [2.05, 4.69) is 9.71 Å². The molecule has 17 heteroatoms. The fraction of sp³-hybridized carbons (Fsp3) is 0.483. The van der Waals surface area contributed by atoms with Crippen molar-refractivity contribution in [2.24, 2.45) is 4.99 Å². The highest BCUT2D eigenvalue weighted by Crippen LogP contribution is 2.44. The molecule has 0 radical (unpaired) electrons. The van der Waals surface area contributed by atoms with E-state index in [0.717, 1.165) is 21.3 Å². The Bertz CT molecular complexity index is 1690. The third-order valence-corrected chi connectivity index (χ3v) is 10.5. The molecule has 2 aromatic carbocycles. The third kappa shape index (κ3) is 6.21. The Morgan fingerprint density at radius 2 is 1.96 bits per heavy atom. The number of hydrogen-bond donors (Lipinski definition) is 2. The monoisotopic (exact) mass is 667 g/mol. The molecule has 2 aromatic rings. The van der Waals surface area contributed by atoms with Crippen LogP contribution in [0.15, 0.2) is 35.3 Å². The van der Waals surface area contributed by atoms with E-state index >= 15 is 0 Å². The Morgan fingerprint density at radius 1 is 1.26 bits per heavy atom. The Balaban J connectivity index is 1.34. The average Bonchev–Trinajstić information content (AvgIpc) is 3.32. The van der Waals surface area contributed by atoms with Gasteiger partial charge in [0.1, 0.15) is 17.4 Å². The molecule has 3 heterocycles. The molecule has 0 aliphatic carbocycles. The van der Waals surface area contributed by atoms with Gasteiger partial charge in [-0.25, -0.2) is 9.38 Å². The molecule has 2 atom stereocenters. The molecule has 248 valence electrons. The van der Waals surface area contributed by atoms with Crippen molar-refractivity contribution in [1.29, 1.82) is 5.26 Å². The predicted octanol–water partition coefficient (Wildman–Crippen LogP) is 3.69. The van der Waals surface area contributed by atoms with Crippen molar-refractivity contribution in [3.63, 3.8) is 0 Å². The van der Waals surface area contributed by atoms with Crippen molar-refractivity contribution in [2.75, 3.05) is 45.0 Å². The fourth-order valence-corrected chi connectivity index (χ4v) is 7.13. The van der Waals surface area contributed by atoms with Crippen LogP contribution in [0, 0.1) is 17.1 Å². The van der Waals surface area contributed by atoms with E-state index < -0.39 is 45.6 Å². The fourth-order valence-electron chi connectivity index (χ4n) is 6.18. The van der Waals surface area contributed by atoms with Gasteiger partial charge in [-0.05, 0) is 56.6 Å². The number of ether oxygens (including phenoxy) is 1. The molecule has 1 amide bonds. The number of nitriles is 1. The number of piperidine rings is 1. The number of aliphatic imine (C=N–C) groups is 1. The summed E-state index contributed by atoms with van der Waals surface area (Å²) in [6, 6.07) is 8.08. The standard InChI is InChI=1S/C29H33F4N7O5S/c1-4-38(3)46(43,44)36-24-8-6-22(30)25(21(24)15-34)45-19-5-7-23-20(13-19)26(41)40(17-35-23)18-14-28(37(2)16-18)9-11-39(12-10-28)27(42)29(31,32)33/h5-8,13,17-18,26,36,41H,4,9-12,14,16H2,1-3H3/t18-,26?/m1/s1. The lowest BCUT2D eigenvalue weighted by atomic mass is 9.84. The first kappa shape index (κ1) is 33.4. The van der Waals surface area contributed by atoms with E-state index in [-0.39, 0.29) is 42.7 Å². The average molecular weight is 668 g/mol. The summed E-state index contributed by atoms with van der Waals surface area (Å²) in [5.74, 6) is -3.21. The number of carbonyl (C=O) groups is 1. The van der Waals surface area contributed by atoms with Crippen molar-refractivity contribution in [1.82, 2.24) is 19.0 Å². The molecule has 0 aromatic heterocycles. The van der Waals surface area contributed by atoms with Crippen LogP contribution in [0.2, 0.25) is 0 Å². The number of carbonyl (C=O) groups excluding carboxylic acids is 1. The van der Waals surface area contributed by atoms with Gasteiger partial charge in [0, 0.05) is 50.4 Å². The number of hydrogen-bond acceptors (Lipinski definition) is 9. The van der Waals surface area contributed by atoms with Gasteiger partial charge >= 0.3 is 22.3 Å². The highest BCUT2D eigenvalue weighted by Gasteiger charge is 2.51. The number of alkyl halides is 3. The Hall–Kier alpha value is -3.98. The number of aliphatic hydroxyl groups is 1. The van der Waals surface area contributed by atoms with Gasteiger partial charge < -0.3 is 19.6 Å². The van der Waals surface area contributed by atoms with Crippen LogP contribution in [0.3, 0.4) is 0 Å². The molecule has 2 fully saturated rings. The van der Waals surface area contributed by atoms with Gasteiger partial charge in [0.05, 0.1) is 17.7 Å². The molecule has 3 aliphatic rings. The molecule has 0 saturated carbocycles. The molecule has 2 saturated heterocycles. The lowest BCUT2D eigenvalue weighted by Gasteiger charge is -2.43. The zero-order valence-electron chi connectivity index (χ0n) is 25.3. The van der Waals surface area contributed by atoms with Gasteiger partial charge in [-0.3, -0.25) is 14.4 Å². The summed E-state index contributed by atoms with van der Waals surface area (Å²) in [7, 11) is -0.820. The molecule has 12 nitrogen and oxygen atoms in total. The smallest absolute Gasteiger partial charge is 0.453 e. The zero-order valence-corrected chi connectivity index (χ0v) is 26.1. The van der Waals surface area contributed by atoms with Crippen LogP contribution in [0.5, 0.6) is 11.5 Å². The molecule has 46 heavy (non-hydrogen) atoms. The second kappa shape index (κ2) is 12.3. The van der Waals surface area contributed by atoms with Crippen LogP contribution in [0.1, 0.15) is 43.5 Å². The molecular weight excluding hydrogens is 634 g/mol. The van der Waals surface area contributed by atoms with E-state index in [1.807, 2.05) is 11.9 Å². The van der Waals surface area contributed by atoms with Crippen LogP contribution < -0.4 is 9.46 Å². The van der Waals surface area contributed by atoms with Crippen molar-refractivity contribution < 1.29 is 40.6 Å². The van der Waals surface area contributed by atoms with Crippen LogP contribution in [0.4, 0.5) is 28.9 Å². The Labute approximate surface area is 263 Å². The van der Waals surface area contributed by atoms with E-state index in [1.54, 1.807) is 24.0 Å². The summed E-state index contributed by atoms with van der Waals surface area (Å²) in [6.45, 7) is 2.19. The topological polar surface area (TPSA) is 142 Å². The first-order valence-corrected chi connectivity index (χ1v) is 15.9. The minimum atomic E-state index is -4.92. The van der Waals surface area contributed by atoms with Gasteiger partial charge in [0.25, 0.3) is 0 Å². The van der Waals surface area contributed by atoms with Gasteiger partial charge in [-0.15, -0.1) is 0 Å². The number of anilines is 1. The predicted molar refractivity (Wildman–Crippen MR) is 159 cm³/mol. The maximum absolute atomic E-state index is 15.0. The van der Waals surface area contributed by atoms with Gasteiger partial charge in [-0.2, -0.15) is 31.2 Å². The quantitative estimate of drug-likeness (QED) is 0.426. The van der Waals surface area contributed by atoms with Gasteiger partial charge in [-0.1, -0.05) is 6.92 Å². The van der Waals surface area contributed by atoms with Crippen LogP contribution in [0.25, 0.3) is 0 Å². The molecule has 1 spiro atoms. The first-order valence-electron chi connectivity index (χ1n) is 14.5. The summed E-state index contributed by atoms with van der Waals surface area (Å²) in [5, 5.41) is 21.2. The van der Waals surface area contributed by atoms with Crippen molar-refractivity contribution in [3.8, 4) is 17.6 Å². The number of rotatable bonds is 7. The number of nitrogens with one attached hydrogen (secondary N) is 1. The minimum absolute atomic E-state index is 0.0330. The maximum Gasteiger partial charge on any atom is 0.471 e. The molecular formula is C29H33F4N7O5S. The number of nitrogens with zero attached hydrogens (tertiary/aromatic N) is 6. The van der Waals surface area contributed by atoms with Crippen LogP contribution >= 0.6 is 0 Å². The van der Waals surface area contributed by atoms with Crippen molar-refractivity contribution >= 4 is 33.8 Å². The Morgan fingerprint density at radius 3 is 2.59 bits per heavy atom. The number of amides is 1. The summed E-state index contributed by atoms with van der Waals surface area (Å²) in [5.41, 5.74) is -0.278. The van der Waals surface area contributed by atoms with Crippen LogP contribution in [-0.2, 0) is 15.0 Å². The van der Waals surface area contributed by atoms with E-state index in [1.165, 1.54) is 25.5 Å². The maximum atomic E-state index is 15.0. The van der Waals surface area contributed by atoms with E-state index in [0.29, 0.717) is 37.1 Å². The van der Waals surface area contributed by atoms with E-state index in [9.17, 15) is 41.1 Å². The van der Waals surface area contributed by atoms with Crippen molar-refractivity contribution in [2.45, 2.75) is 50.2 Å². The normalized spacial score (nSPS) is 21.4. The summed E-state index contributed by atoms with van der Waals surface area (Å²) < 4.78 is 88.0. The third-order valence-electron chi connectivity index (χ3n) is 8.98. The SMILES string of the molecule is CCN(C)S(=O)(=O)Nc1ccc(F)c(Oc2ccc3c(c2)C(O)N([C@H]2CN(C)C4(CCN(C(=O)C(F)(F)F)CC4)C2)C=N3)c1C#N. The minimum Gasteiger partial charge on any atom is -0.453 e. The largest absolute Gasteiger partial charge is 0.471 e. The number of fused-ring (bicyclic) bond motifs is 1. The summed E-state index contributed by atoms with van der Waals surface area (Å²) >= 11 is 0. The number of halogens is 4. The summed E-state index contributed by atoms with van der Waals surface area (Å²) in [4.78, 5) is 20.7. The number of likely N-dealkylation sites (tertiary alicyclic amines) is 2. The first-order chi connectivity index (χ1) is 21.6.